The Morgan fingerprint density at radius 2 is 2.00 bits per heavy atom. The molecule has 0 spiro atoms. The third-order valence-corrected chi connectivity index (χ3v) is 5.63. The molecule has 1 aromatic carbocycles. The number of aliphatic hydroxyl groups is 1. The van der Waals surface area contributed by atoms with E-state index >= 15 is 0 Å². The van der Waals surface area contributed by atoms with E-state index in [4.69, 9.17) is 9.05 Å². The molecule has 100 valence electrons. The first kappa shape index (κ1) is 13.8. The maximum Gasteiger partial charge on any atom is 0.358 e. The number of aliphatic hydroxyl groups excluding tert-OH is 1. The maximum absolute atomic E-state index is 12.3. The quantitative estimate of drug-likeness (QED) is 0.855. The lowest BCUT2D eigenvalue weighted by molar-refractivity contribution is 0.147. The van der Waals surface area contributed by atoms with Crippen LogP contribution in [0.2, 0.25) is 0 Å². The minimum atomic E-state index is -3.44. The van der Waals surface area contributed by atoms with Gasteiger partial charge in [-0.3, -0.25) is 4.57 Å². The average molecular weight is 270 g/mol. The van der Waals surface area contributed by atoms with E-state index in [1.807, 2.05) is 18.2 Å². The SMILES string of the molecule is COP(=O)(OC)[C@@H](O)[C@@H]1CCCc2ccccc21. The van der Waals surface area contributed by atoms with Crippen LogP contribution in [-0.4, -0.2) is 25.2 Å². The maximum atomic E-state index is 12.3. The molecule has 0 amide bonds. The van der Waals surface area contributed by atoms with Crippen LogP contribution in [0.5, 0.6) is 0 Å². The average Bonchev–Trinajstić information content (AvgIpc) is 2.45. The largest absolute Gasteiger partial charge is 0.380 e. The Hall–Kier alpha value is -0.670. The van der Waals surface area contributed by atoms with Crippen LogP contribution in [0, 0.1) is 0 Å². The number of hydrogen-bond acceptors (Lipinski definition) is 4. The molecule has 0 fully saturated rings. The third-order valence-electron chi connectivity index (χ3n) is 3.61. The molecule has 0 aromatic heterocycles. The highest BCUT2D eigenvalue weighted by Crippen LogP contribution is 2.56. The fraction of sp³-hybridized carbons (Fsp3) is 0.538. The van der Waals surface area contributed by atoms with Gasteiger partial charge in [0, 0.05) is 20.1 Å². The van der Waals surface area contributed by atoms with Crippen LogP contribution in [0.25, 0.3) is 0 Å². The van der Waals surface area contributed by atoms with Gasteiger partial charge in [0.25, 0.3) is 0 Å². The highest BCUT2D eigenvalue weighted by molar-refractivity contribution is 7.54. The van der Waals surface area contributed by atoms with Gasteiger partial charge in [-0.05, 0) is 30.4 Å². The molecule has 0 radical (unpaired) electrons. The number of fused-ring (bicyclic) bond motifs is 1. The summed E-state index contributed by atoms with van der Waals surface area (Å²) < 4.78 is 22.1. The first-order valence-electron chi connectivity index (χ1n) is 6.09. The van der Waals surface area contributed by atoms with Gasteiger partial charge in [-0.2, -0.15) is 0 Å². The number of aryl methyl sites for hydroxylation is 1. The van der Waals surface area contributed by atoms with Crippen LogP contribution in [0.4, 0.5) is 0 Å². The van der Waals surface area contributed by atoms with Gasteiger partial charge in [0.15, 0.2) is 5.85 Å². The highest BCUT2D eigenvalue weighted by atomic mass is 31.2. The van der Waals surface area contributed by atoms with Gasteiger partial charge >= 0.3 is 7.60 Å². The van der Waals surface area contributed by atoms with E-state index in [0.717, 1.165) is 24.8 Å². The third kappa shape index (κ3) is 2.39. The summed E-state index contributed by atoms with van der Waals surface area (Å²) in [5.74, 6) is -1.28. The molecule has 0 bridgehead atoms. The van der Waals surface area contributed by atoms with Crippen LogP contribution in [0.15, 0.2) is 24.3 Å². The second-order valence-electron chi connectivity index (χ2n) is 4.52. The van der Waals surface area contributed by atoms with Gasteiger partial charge in [-0.1, -0.05) is 24.3 Å². The number of rotatable bonds is 4. The summed E-state index contributed by atoms with van der Waals surface area (Å²) in [6.45, 7) is 0. The molecular formula is C13H19O4P. The van der Waals surface area contributed by atoms with E-state index in [-0.39, 0.29) is 5.92 Å². The first-order valence-corrected chi connectivity index (χ1v) is 7.70. The molecule has 1 N–H and O–H groups in total. The lowest BCUT2D eigenvalue weighted by Gasteiger charge is -2.31. The van der Waals surface area contributed by atoms with E-state index in [0.29, 0.717) is 0 Å². The highest BCUT2D eigenvalue weighted by Gasteiger charge is 2.40. The zero-order valence-electron chi connectivity index (χ0n) is 10.7. The van der Waals surface area contributed by atoms with Crippen LogP contribution < -0.4 is 0 Å². The zero-order valence-corrected chi connectivity index (χ0v) is 11.6. The lowest BCUT2D eigenvalue weighted by Crippen LogP contribution is -2.24. The van der Waals surface area contributed by atoms with Crippen LogP contribution in [0.1, 0.15) is 29.9 Å². The molecule has 18 heavy (non-hydrogen) atoms. The predicted octanol–water partition coefficient (Wildman–Crippen LogP) is 2.91. The monoisotopic (exact) mass is 270 g/mol. The first-order chi connectivity index (χ1) is 8.62. The molecular weight excluding hydrogens is 251 g/mol. The minimum Gasteiger partial charge on any atom is -0.380 e. The molecule has 0 unspecified atom stereocenters. The lowest BCUT2D eigenvalue weighted by atomic mass is 9.83. The van der Waals surface area contributed by atoms with Gasteiger partial charge in [0.05, 0.1) is 0 Å². The number of benzene rings is 1. The van der Waals surface area contributed by atoms with Gasteiger partial charge < -0.3 is 14.2 Å². The molecule has 1 aliphatic rings. The predicted molar refractivity (Wildman–Crippen MR) is 69.8 cm³/mol. The van der Waals surface area contributed by atoms with Gasteiger partial charge in [-0.25, -0.2) is 0 Å². The van der Waals surface area contributed by atoms with Crippen molar-refractivity contribution >= 4 is 7.60 Å². The molecule has 1 aromatic rings. The van der Waals surface area contributed by atoms with Crippen LogP contribution in [0.3, 0.4) is 0 Å². The van der Waals surface area contributed by atoms with Crippen molar-refractivity contribution in [2.75, 3.05) is 14.2 Å². The van der Waals surface area contributed by atoms with Crippen molar-refractivity contribution in [1.82, 2.24) is 0 Å². The van der Waals surface area contributed by atoms with Gasteiger partial charge in [0.1, 0.15) is 0 Å². The standard InChI is InChI=1S/C13H19O4P/c1-16-18(15,17-2)13(14)12-9-5-7-10-6-3-4-8-11(10)12/h3-4,6,8,12-14H,5,7,9H2,1-2H3/t12-,13-/m1/s1. The summed E-state index contributed by atoms with van der Waals surface area (Å²) in [4.78, 5) is 0. The fourth-order valence-electron chi connectivity index (χ4n) is 2.61. The van der Waals surface area contributed by atoms with Crippen molar-refractivity contribution in [2.45, 2.75) is 31.0 Å². The van der Waals surface area contributed by atoms with E-state index in [9.17, 15) is 9.67 Å². The fourth-order valence-corrected chi connectivity index (χ4v) is 3.94. The summed E-state index contributed by atoms with van der Waals surface area (Å²) in [6, 6.07) is 7.96. The summed E-state index contributed by atoms with van der Waals surface area (Å²) >= 11 is 0. The van der Waals surface area contributed by atoms with Crippen molar-refractivity contribution in [1.29, 1.82) is 0 Å². The molecule has 0 saturated carbocycles. The van der Waals surface area contributed by atoms with E-state index in [2.05, 4.69) is 6.07 Å². The normalized spacial score (nSPS) is 21.4. The van der Waals surface area contributed by atoms with Crippen molar-refractivity contribution < 1.29 is 18.7 Å². The number of hydrogen-bond donors (Lipinski definition) is 1. The van der Waals surface area contributed by atoms with Crippen molar-refractivity contribution in [3.63, 3.8) is 0 Å². The van der Waals surface area contributed by atoms with Gasteiger partial charge in [0.2, 0.25) is 0 Å². The van der Waals surface area contributed by atoms with Crippen molar-refractivity contribution in [2.24, 2.45) is 0 Å². The molecule has 5 heteroatoms. The Labute approximate surface area is 107 Å². The Kier molecular flexibility index (Phi) is 4.23. The molecule has 0 saturated heterocycles. The molecule has 0 heterocycles. The second-order valence-corrected chi connectivity index (χ2v) is 6.86. The van der Waals surface area contributed by atoms with E-state index in [1.165, 1.54) is 19.8 Å². The molecule has 1 aliphatic carbocycles. The molecule has 2 rings (SSSR count). The Morgan fingerprint density at radius 3 is 2.67 bits per heavy atom. The zero-order chi connectivity index (χ0) is 13.2. The molecule has 4 nitrogen and oxygen atoms in total. The Morgan fingerprint density at radius 1 is 1.33 bits per heavy atom. The molecule has 0 aliphatic heterocycles. The Bertz CT molecular complexity index is 452. The summed E-state index contributed by atoms with van der Waals surface area (Å²) in [5, 5.41) is 10.3. The molecule has 2 atom stereocenters. The smallest absolute Gasteiger partial charge is 0.358 e. The topological polar surface area (TPSA) is 55.8 Å². The van der Waals surface area contributed by atoms with Gasteiger partial charge in [-0.15, -0.1) is 0 Å². The second kappa shape index (κ2) is 5.54. The Balaban J connectivity index is 2.33. The summed E-state index contributed by atoms with van der Waals surface area (Å²) in [6.07, 6.45) is 2.78. The van der Waals surface area contributed by atoms with E-state index < -0.39 is 13.4 Å². The summed E-state index contributed by atoms with van der Waals surface area (Å²) in [7, 11) is -0.825. The minimum absolute atomic E-state index is 0.180. The van der Waals surface area contributed by atoms with Crippen LogP contribution in [-0.2, 0) is 20.0 Å². The van der Waals surface area contributed by atoms with Crippen molar-refractivity contribution in [3.8, 4) is 0 Å². The van der Waals surface area contributed by atoms with Crippen molar-refractivity contribution in [3.05, 3.63) is 35.4 Å². The van der Waals surface area contributed by atoms with Crippen LogP contribution >= 0.6 is 7.60 Å². The summed E-state index contributed by atoms with van der Waals surface area (Å²) in [5.41, 5.74) is 2.28. The van der Waals surface area contributed by atoms with E-state index in [1.54, 1.807) is 0 Å².